The zero-order chi connectivity index (χ0) is 12.7. The van der Waals surface area contributed by atoms with Gasteiger partial charge in [-0.25, -0.2) is 4.79 Å². The zero-order valence-corrected chi connectivity index (χ0v) is 12.1. The monoisotopic (exact) mass is 242 g/mol. The molecule has 0 bridgehead atoms. The van der Waals surface area contributed by atoms with Crippen molar-refractivity contribution in [2.75, 3.05) is 0 Å². The Labute approximate surface area is 98.7 Å². The first-order valence-corrected chi connectivity index (χ1v) is 9.33. The van der Waals surface area contributed by atoms with E-state index in [1.165, 1.54) is 4.57 Å². The highest BCUT2D eigenvalue weighted by Crippen LogP contribution is 2.27. The van der Waals surface area contributed by atoms with Gasteiger partial charge in [0.15, 0.2) is 8.24 Å². The van der Waals surface area contributed by atoms with E-state index in [1.54, 1.807) is 4.90 Å². The lowest BCUT2D eigenvalue weighted by Crippen LogP contribution is -2.50. The molecule has 1 atom stereocenters. The van der Waals surface area contributed by atoms with Crippen molar-refractivity contribution >= 4 is 20.2 Å². The molecule has 5 heteroatoms. The molecule has 0 aliphatic carbocycles. The summed E-state index contributed by atoms with van der Waals surface area (Å²) in [4.78, 5) is 26.2. The number of amides is 3. The molecule has 1 aliphatic heterocycles. The minimum atomic E-state index is -1.90. The first-order chi connectivity index (χ1) is 7.21. The second-order valence-corrected chi connectivity index (χ2v) is 10.3. The fourth-order valence-electron chi connectivity index (χ4n) is 2.18. The van der Waals surface area contributed by atoms with Crippen LogP contribution in [-0.2, 0) is 4.79 Å². The Kier molecular flexibility index (Phi) is 3.47. The molecule has 0 aromatic carbocycles. The van der Waals surface area contributed by atoms with Crippen molar-refractivity contribution in [2.45, 2.75) is 58.9 Å². The average Bonchev–Trinajstić information content (AvgIpc) is 2.35. The van der Waals surface area contributed by atoms with Gasteiger partial charge in [-0.3, -0.25) is 9.36 Å². The van der Waals surface area contributed by atoms with Gasteiger partial charge in [-0.2, -0.15) is 0 Å². The van der Waals surface area contributed by atoms with Crippen LogP contribution >= 0.6 is 0 Å². The van der Waals surface area contributed by atoms with Crippen LogP contribution in [0.2, 0.25) is 19.6 Å². The summed E-state index contributed by atoms with van der Waals surface area (Å²) in [7, 11) is -1.90. The van der Waals surface area contributed by atoms with E-state index in [-0.39, 0.29) is 24.0 Å². The molecule has 1 rings (SSSR count). The van der Waals surface area contributed by atoms with Crippen molar-refractivity contribution in [2.24, 2.45) is 0 Å². The number of imide groups is 1. The molecule has 0 saturated carbocycles. The van der Waals surface area contributed by atoms with Crippen LogP contribution in [0.4, 0.5) is 4.79 Å². The van der Waals surface area contributed by atoms with Crippen molar-refractivity contribution < 1.29 is 9.59 Å². The highest BCUT2D eigenvalue weighted by atomic mass is 28.3. The Hall–Kier alpha value is -0.843. The van der Waals surface area contributed by atoms with Gasteiger partial charge in [-0.05, 0) is 20.3 Å². The van der Waals surface area contributed by atoms with E-state index in [0.29, 0.717) is 6.42 Å². The zero-order valence-electron chi connectivity index (χ0n) is 11.1. The van der Waals surface area contributed by atoms with Gasteiger partial charge in [0, 0.05) is 6.04 Å². The van der Waals surface area contributed by atoms with Crippen molar-refractivity contribution in [3.05, 3.63) is 0 Å². The van der Waals surface area contributed by atoms with Gasteiger partial charge in [0.25, 0.3) is 0 Å². The third-order valence-corrected chi connectivity index (χ3v) is 4.62. The van der Waals surface area contributed by atoms with E-state index >= 15 is 0 Å². The summed E-state index contributed by atoms with van der Waals surface area (Å²) in [6.07, 6.45) is 0.698. The number of nitrogens with zero attached hydrogens (tertiary/aromatic N) is 2. The third kappa shape index (κ3) is 2.00. The first-order valence-electron chi connectivity index (χ1n) is 5.88. The van der Waals surface area contributed by atoms with Crippen LogP contribution < -0.4 is 0 Å². The average molecular weight is 242 g/mol. The maximum atomic E-state index is 12.2. The van der Waals surface area contributed by atoms with Gasteiger partial charge >= 0.3 is 6.03 Å². The number of hydrogen-bond acceptors (Lipinski definition) is 2. The van der Waals surface area contributed by atoms with E-state index in [9.17, 15) is 9.59 Å². The Morgan fingerprint density at radius 3 is 2.00 bits per heavy atom. The van der Waals surface area contributed by atoms with E-state index in [4.69, 9.17) is 0 Å². The second-order valence-electron chi connectivity index (χ2n) is 5.55. The molecular formula is C11H22N2O2Si. The molecule has 92 valence electrons. The largest absolute Gasteiger partial charge is 0.319 e. The predicted octanol–water partition coefficient (Wildman–Crippen LogP) is 2.27. The Morgan fingerprint density at radius 1 is 1.25 bits per heavy atom. The molecule has 3 amide bonds. The SMILES string of the molecule is CCC1C(=O)N([Si](C)(C)C)C(=O)N1C(C)C. The van der Waals surface area contributed by atoms with Crippen LogP contribution in [0.3, 0.4) is 0 Å². The normalized spacial score (nSPS) is 22.6. The van der Waals surface area contributed by atoms with Crippen molar-refractivity contribution in [3.8, 4) is 0 Å². The van der Waals surface area contributed by atoms with Crippen LogP contribution in [0.25, 0.3) is 0 Å². The number of hydrogen-bond donors (Lipinski definition) is 0. The highest BCUT2D eigenvalue weighted by Gasteiger charge is 2.49. The molecule has 1 aliphatic rings. The van der Waals surface area contributed by atoms with Gasteiger partial charge in [-0.15, -0.1) is 0 Å². The molecule has 0 radical (unpaired) electrons. The Bertz CT molecular complexity index is 310. The fraction of sp³-hybridized carbons (Fsp3) is 0.818. The molecule has 4 nitrogen and oxygen atoms in total. The summed E-state index contributed by atoms with van der Waals surface area (Å²) < 4.78 is 1.53. The summed E-state index contributed by atoms with van der Waals surface area (Å²) in [5, 5.41) is 0. The quantitative estimate of drug-likeness (QED) is 0.562. The topological polar surface area (TPSA) is 40.6 Å². The van der Waals surface area contributed by atoms with Crippen molar-refractivity contribution in [3.63, 3.8) is 0 Å². The summed E-state index contributed by atoms with van der Waals surface area (Å²) in [5.41, 5.74) is 0. The number of carbonyl (C=O) groups excluding carboxylic acids is 2. The standard InChI is InChI=1S/C11H22N2O2Si/c1-7-9-10(14)13(16(4,5)6)11(15)12(9)8(2)3/h8-9H,7H2,1-6H3. The molecule has 1 unspecified atom stereocenters. The predicted molar refractivity (Wildman–Crippen MR) is 66.6 cm³/mol. The van der Waals surface area contributed by atoms with Gasteiger partial charge < -0.3 is 4.90 Å². The summed E-state index contributed by atoms with van der Waals surface area (Å²) >= 11 is 0. The molecule has 1 saturated heterocycles. The molecule has 0 spiro atoms. The maximum absolute atomic E-state index is 12.2. The minimum Gasteiger partial charge on any atom is -0.311 e. The maximum Gasteiger partial charge on any atom is 0.319 e. The van der Waals surface area contributed by atoms with Gasteiger partial charge in [0.05, 0.1) is 0 Å². The van der Waals surface area contributed by atoms with E-state index in [0.717, 1.165) is 0 Å². The van der Waals surface area contributed by atoms with Crippen LogP contribution in [-0.4, -0.2) is 41.7 Å². The van der Waals surface area contributed by atoms with Gasteiger partial charge in [0.2, 0.25) is 5.91 Å². The lowest BCUT2D eigenvalue weighted by molar-refractivity contribution is -0.125. The van der Waals surface area contributed by atoms with Crippen LogP contribution in [0, 0.1) is 0 Å². The molecule has 0 aromatic heterocycles. The van der Waals surface area contributed by atoms with Crippen molar-refractivity contribution in [1.29, 1.82) is 0 Å². The van der Waals surface area contributed by atoms with E-state index in [2.05, 4.69) is 0 Å². The fourth-order valence-corrected chi connectivity index (χ4v) is 3.68. The van der Waals surface area contributed by atoms with Gasteiger partial charge in [-0.1, -0.05) is 26.6 Å². The summed E-state index contributed by atoms with van der Waals surface area (Å²) in [6, 6.07) is -0.256. The number of rotatable bonds is 3. The molecule has 1 heterocycles. The number of urea groups is 1. The smallest absolute Gasteiger partial charge is 0.311 e. The van der Waals surface area contributed by atoms with E-state index < -0.39 is 8.24 Å². The highest BCUT2D eigenvalue weighted by molar-refractivity contribution is 6.78. The first kappa shape index (κ1) is 13.2. The summed E-state index contributed by atoms with van der Waals surface area (Å²) in [5.74, 6) is 0.000340. The van der Waals surface area contributed by atoms with Crippen LogP contribution in [0.5, 0.6) is 0 Å². The Balaban J connectivity index is 3.11. The van der Waals surface area contributed by atoms with Crippen molar-refractivity contribution in [1.82, 2.24) is 9.47 Å². The molecule has 0 N–H and O–H groups in total. The van der Waals surface area contributed by atoms with Gasteiger partial charge in [0.1, 0.15) is 6.04 Å². The second kappa shape index (κ2) is 4.20. The van der Waals surface area contributed by atoms with Crippen LogP contribution in [0.15, 0.2) is 0 Å². The molecule has 16 heavy (non-hydrogen) atoms. The minimum absolute atomic E-state index is 0.000340. The molecule has 1 fully saturated rings. The lowest BCUT2D eigenvalue weighted by atomic mass is 10.2. The van der Waals surface area contributed by atoms with Crippen LogP contribution in [0.1, 0.15) is 27.2 Å². The third-order valence-electron chi connectivity index (χ3n) is 2.87. The molecule has 0 aromatic rings. The Morgan fingerprint density at radius 2 is 1.75 bits per heavy atom. The lowest BCUT2D eigenvalue weighted by Gasteiger charge is -2.28. The van der Waals surface area contributed by atoms with E-state index in [1.807, 2.05) is 40.4 Å². The summed E-state index contributed by atoms with van der Waals surface area (Å²) in [6.45, 7) is 12.0. The molecular weight excluding hydrogens is 220 g/mol. The number of carbonyl (C=O) groups is 2.